The van der Waals surface area contributed by atoms with Crippen molar-refractivity contribution in [3.05, 3.63) is 124 Å². The number of benzene rings is 4. The van der Waals surface area contributed by atoms with E-state index in [1.165, 1.54) is 0 Å². The molecule has 0 saturated heterocycles. The lowest BCUT2D eigenvalue weighted by Gasteiger charge is -2.19. The Morgan fingerprint density at radius 1 is 0.789 bits per heavy atom. The minimum Gasteiger partial charge on any atom is -0.445 e. The highest BCUT2D eigenvalue weighted by molar-refractivity contribution is 6.05. The van der Waals surface area contributed by atoms with E-state index in [-0.39, 0.29) is 18.8 Å². The summed E-state index contributed by atoms with van der Waals surface area (Å²) in [5, 5.41) is 4.60. The van der Waals surface area contributed by atoms with E-state index in [9.17, 15) is 14.4 Å². The van der Waals surface area contributed by atoms with E-state index in [0.717, 1.165) is 21.9 Å². The third-order valence-corrected chi connectivity index (χ3v) is 6.27. The Balaban J connectivity index is 1.39. The summed E-state index contributed by atoms with van der Waals surface area (Å²) < 4.78 is 16.6. The van der Waals surface area contributed by atoms with Gasteiger partial charge in [0.05, 0.1) is 5.39 Å². The summed E-state index contributed by atoms with van der Waals surface area (Å²) in [5.41, 5.74) is 2.04. The van der Waals surface area contributed by atoms with E-state index in [0.29, 0.717) is 16.5 Å². The molecule has 38 heavy (non-hydrogen) atoms. The Hall–Kier alpha value is -4.91. The average molecular weight is 508 g/mol. The molecule has 1 amide bonds. The Labute approximate surface area is 218 Å². The molecule has 0 spiro atoms. The van der Waals surface area contributed by atoms with Gasteiger partial charge in [0.25, 0.3) is 0 Å². The van der Waals surface area contributed by atoms with Gasteiger partial charge in [0.1, 0.15) is 24.0 Å². The number of fused-ring (bicyclic) bond motifs is 3. The molecule has 1 aromatic heterocycles. The number of hydrogen-bond donors (Lipinski definition) is 1. The fraction of sp³-hybridized carbons (Fsp3) is 0.129. The molecule has 0 aliphatic heterocycles. The average Bonchev–Trinajstić information content (AvgIpc) is 2.94. The standard InChI is InChI=1S/C31H25NO6/c1-20-27(17-16-24-23-14-8-9-15-25(23)29(33)38-28(20)24)37-30(34)26(18-21-10-4-2-5-11-21)32-31(35)36-19-22-12-6-3-7-13-22/h2-17,26H,18-19H2,1H3,(H,32,35)/t26-/m0/s1. The van der Waals surface area contributed by atoms with Crippen LogP contribution >= 0.6 is 0 Å². The quantitative estimate of drug-likeness (QED) is 0.131. The molecule has 5 rings (SSSR count). The second kappa shape index (κ2) is 11.0. The first-order valence-electron chi connectivity index (χ1n) is 12.2. The predicted molar refractivity (Wildman–Crippen MR) is 144 cm³/mol. The molecule has 0 aliphatic rings. The zero-order chi connectivity index (χ0) is 26.5. The Morgan fingerprint density at radius 2 is 1.42 bits per heavy atom. The molecule has 190 valence electrons. The van der Waals surface area contributed by atoms with Gasteiger partial charge in [-0.15, -0.1) is 0 Å². The van der Waals surface area contributed by atoms with Crippen LogP contribution in [0.3, 0.4) is 0 Å². The van der Waals surface area contributed by atoms with Crippen LogP contribution in [-0.2, 0) is 22.6 Å². The number of hydrogen-bond acceptors (Lipinski definition) is 6. The molecule has 0 bridgehead atoms. The number of alkyl carbamates (subject to hydrolysis) is 1. The summed E-state index contributed by atoms with van der Waals surface area (Å²) in [5.74, 6) is -0.436. The molecule has 1 N–H and O–H groups in total. The van der Waals surface area contributed by atoms with Gasteiger partial charge in [0.15, 0.2) is 0 Å². The summed E-state index contributed by atoms with van der Waals surface area (Å²) >= 11 is 0. The van der Waals surface area contributed by atoms with Crippen molar-refractivity contribution in [3.63, 3.8) is 0 Å². The van der Waals surface area contributed by atoms with Crippen LogP contribution in [0.2, 0.25) is 0 Å². The summed E-state index contributed by atoms with van der Waals surface area (Å²) in [4.78, 5) is 38.4. The van der Waals surface area contributed by atoms with E-state index in [2.05, 4.69) is 5.32 Å². The van der Waals surface area contributed by atoms with Gasteiger partial charge in [-0.3, -0.25) is 0 Å². The van der Waals surface area contributed by atoms with Crippen LogP contribution < -0.4 is 15.7 Å². The molecule has 4 aromatic carbocycles. The molecule has 0 saturated carbocycles. The van der Waals surface area contributed by atoms with Gasteiger partial charge in [-0.2, -0.15) is 0 Å². The number of carbonyl (C=O) groups is 2. The van der Waals surface area contributed by atoms with Crippen molar-refractivity contribution in [2.75, 3.05) is 0 Å². The molecule has 7 heteroatoms. The molecule has 7 nitrogen and oxygen atoms in total. The molecular weight excluding hydrogens is 482 g/mol. The molecule has 0 fully saturated rings. The monoisotopic (exact) mass is 507 g/mol. The maximum absolute atomic E-state index is 13.3. The normalized spacial score (nSPS) is 11.7. The Morgan fingerprint density at radius 3 is 2.13 bits per heavy atom. The number of carbonyl (C=O) groups excluding carboxylic acids is 2. The smallest absolute Gasteiger partial charge is 0.408 e. The van der Waals surface area contributed by atoms with Crippen LogP contribution in [0.15, 0.2) is 106 Å². The van der Waals surface area contributed by atoms with Crippen LogP contribution in [0.1, 0.15) is 16.7 Å². The van der Waals surface area contributed by atoms with Crippen molar-refractivity contribution in [1.82, 2.24) is 5.32 Å². The van der Waals surface area contributed by atoms with E-state index in [4.69, 9.17) is 13.9 Å². The van der Waals surface area contributed by atoms with Gasteiger partial charge < -0.3 is 19.2 Å². The highest BCUT2D eigenvalue weighted by Crippen LogP contribution is 2.31. The van der Waals surface area contributed by atoms with E-state index in [1.807, 2.05) is 72.8 Å². The maximum Gasteiger partial charge on any atom is 0.408 e. The minimum absolute atomic E-state index is 0.0660. The number of esters is 1. The van der Waals surface area contributed by atoms with Crippen LogP contribution in [0.5, 0.6) is 5.75 Å². The van der Waals surface area contributed by atoms with Crippen molar-refractivity contribution >= 4 is 33.8 Å². The number of amides is 1. The van der Waals surface area contributed by atoms with Crippen LogP contribution in [0, 0.1) is 6.92 Å². The molecule has 5 aromatic rings. The first kappa shape index (κ1) is 24.8. The number of aryl methyl sites for hydroxylation is 1. The van der Waals surface area contributed by atoms with Crippen molar-refractivity contribution in [1.29, 1.82) is 0 Å². The van der Waals surface area contributed by atoms with Gasteiger partial charge in [0.2, 0.25) is 0 Å². The number of rotatable bonds is 7. The number of ether oxygens (including phenoxy) is 2. The van der Waals surface area contributed by atoms with Gasteiger partial charge in [-0.1, -0.05) is 78.9 Å². The lowest BCUT2D eigenvalue weighted by Crippen LogP contribution is -2.44. The van der Waals surface area contributed by atoms with Crippen molar-refractivity contribution in [2.45, 2.75) is 26.0 Å². The van der Waals surface area contributed by atoms with Crippen LogP contribution in [-0.4, -0.2) is 18.1 Å². The third-order valence-electron chi connectivity index (χ3n) is 6.27. The minimum atomic E-state index is -1.01. The van der Waals surface area contributed by atoms with Crippen LogP contribution in [0.25, 0.3) is 21.7 Å². The predicted octanol–water partition coefficient (Wildman–Crippen LogP) is 5.70. The lowest BCUT2D eigenvalue weighted by atomic mass is 10.0. The Kier molecular flexibility index (Phi) is 7.17. The maximum atomic E-state index is 13.3. The Bertz CT molecular complexity index is 1660. The zero-order valence-corrected chi connectivity index (χ0v) is 20.7. The van der Waals surface area contributed by atoms with Gasteiger partial charge in [-0.05, 0) is 41.6 Å². The van der Waals surface area contributed by atoms with Gasteiger partial charge in [0, 0.05) is 17.4 Å². The fourth-order valence-corrected chi connectivity index (χ4v) is 4.30. The van der Waals surface area contributed by atoms with Crippen molar-refractivity contribution in [3.8, 4) is 5.75 Å². The molecule has 1 heterocycles. The summed E-state index contributed by atoms with van der Waals surface area (Å²) in [6.07, 6.45) is -0.536. The third kappa shape index (κ3) is 5.42. The highest BCUT2D eigenvalue weighted by atomic mass is 16.6. The van der Waals surface area contributed by atoms with Gasteiger partial charge in [-0.25, -0.2) is 14.4 Å². The topological polar surface area (TPSA) is 94.8 Å². The second-order valence-electron chi connectivity index (χ2n) is 8.87. The molecular formula is C31H25NO6. The molecule has 1 atom stereocenters. The van der Waals surface area contributed by atoms with Crippen LogP contribution in [0.4, 0.5) is 4.79 Å². The zero-order valence-electron chi connectivity index (χ0n) is 20.7. The largest absolute Gasteiger partial charge is 0.445 e. The van der Waals surface area contributed by atoms with E-state index >= 15 is 0 Å². The second-order valence-corrected chi connectivity index (χ2v) is 8.87. The lowest BCUT2D eigenvalue weighted by molar-refractivity contribution is -0.136. The van der Waals surface area contributed by atoms with E-state index in [1.54, 1.807) is 31.2 Å². The summed E-state index contributed by atoms with van der Waals surface area (Å²) in [6, 6.07) is 28.1. The molecule has 0 aliphatic carbocycles. The first-order chi connectivity index (χ1) is 18.5. The summed E-state index contributed by atoms with van der Waals surface area (Å²) in [6.45, 7) is 1.78. The number of nitrogens with one attached hydrogen (secondary N) is 1. The van der Waals surface area contributed by atoms with E-state index < -0.39 is 23.7 Å². The SMILES string of the molecule is Cc1c(OC(=O)[C@H](Cc2ccccc2)NC(=O)OCc2ccccc2)ccc2c1oc(=O)c1ccccc12. The highest BCUT2D eigenvalue weighted by Gasteiger charge is 2.25. The van der Waals surface area contributed by atoms with Crippen molar-refractivity contribution in [2.24, 2.45) is 0 Å². The fourth-order valence-electron chi connectivity index (χ4n) is 4.30. The molecule has 0 unspecified atom stereocenters. The molecule has 0 radical (unpaired) electrons. The first-order valence-corrected chi connectivity index (χ1v) is 12.2. The van der Waals surface area contributed by atoms with Crippen molar-refractivity contribution < 1.29 is 23.5 Å². The van der Waals surface area contributed by atoms with Gasteiger partial charge >= 0.3 is 17.7 Å². The summed E-state index contributed by atoms with van der Waals surface area (Å²) in [7, 11) is 0.